The molecule has 1 aliphatic carbocycles. The van der Waals surface area contributed by atoms with E-state index in [-0.39, 0.29) is 17.7 Å². The van der Waals surface area contributed by atoms with E-state index in [1.807, 2.05) is 70.5 Å². The summed E-state index contributed by atoms with van der Waals surface area (Å²) in [6.45, 7) is 2.40. The Kier molecular flexibility index (Phi) is 4.51. The maximum absolute atomic E-state index is 13.4. The zero-order valence-electron chi connectivity index (χ0n) is 16.3. The number of fused-ring (bicyclic) bond motifs is 1. The van der Waals surface area contributed by atoms with Gasteiger partial charge in [-0.3, -0.25) is 9.59 Å². The number of hydrogen-bond donors (Lipinski definition) is 0. The number of piperazine rings is 1. The first kappa shape index (κ1) is 17.9. The Bertz CT molecular complexity index is 1070. The fourth-order valence-electron chi connectivity index (χ4n) is 4.00. The predicted molar refractivity (Wildman–Crippen MR) is 112 cm³/mol. The van der Waals surface area contributed by atoms with Crippen molar-refractivity contribution in [3.8, 4) is 11.3 Å². The van der Waals surface area contributed by atoms with Crippen molar-refractivity contribution in [2.75, 3.05) is 26.2 Å². The van der Waals surface area contributed by atoms with Crippen molar-refractivity contribution in [1.82, 2.24) is 14.8 Å². The molecule has 0 atom stereocenters. The Hall–Kier alpha value is -3.21. The van der Waals surface area contributed by atoms with E-state index < -0.39 is 0 Å². The third-order valence-electron chi connectivity index (χ3n) is 5.82. The Morgan fingerprint density at radius 1 is 0.828 bits per heavy atom. The van der Waals surface area contributed by atoms with Gasteiger partial charge in [-0.15, -0.1) is 0 Å². The van der Waals surface area contributed by atoms with Crippen molar-refractivity contribution < 1.29 is 9.59 Å². The van der Waals surface area contributed by atoms with Crippen molar-refractivity contribution in [3.63, 3.8) is 0 Å². The van der Waals surface area contributed by atoms with Gasteiger partial charge in [-0.1, -0.05) is 48.5 Å². The number of carbonyl (C=O) groups excluding carboxylic acids is 2. The van der Waals surface area contributed by atoms with Crippen LogP contribution in [0.2, 0.25) is 0 Å². The van der Waals surface area contributed by atoms with Crippen LogP contribution < -0.4 is 0 Å². The number of amides is 2. The van der Waals surface area contributed by atoms with Gasteiger partial charge in [0.05, 0.1) is 16.8 Å². The van der Waals surface area contributed by atoms with Gasteiger partial charge in [0, 0.05) is 43.0 Å². The molecule has 0 N–H and O–H groups in total. The molecule has 5 rings (SSSR count). The molecule has 29 heavy (non-hydrogen) atoms. The molecule has 5 heteroatoms. The van der Waals surface area contributed by atoms with Gasteiger partial charge in [-0.25, -0.2) is 4.98 Å². The van der Waals surface area contributed by atoms with Crippen LogP contribution in [0.15, 0.2) is 60.7 Å². The molecular weight excluding hydrogens is 362 g/mol. The molecule has 146 valence electrons. The van der Waals surface area contributed by atoms with Crippen LogP contribution in [0.3, 0.4) is 0 Å². The second-order valence-corrected chi connectivity index (χ2v) is 7.83. The monoisotopic (exact) mass is 385 g/mol. The zero-order valence-corrected chi connectivity index (χ0v) is 16.3. The minimum absolute atomic E-state index is 0.0132. The van der Waals surface area contributed by atoms with E-state index in [0.29, 0.717) is 31.7 Å². The van der Waals surface area contributed by atoms with E-state index in [9.17, 15) is 9.59 Å². The number of rotatable bonds is 3. The molecule has 1 saturated heterocycles. The molecule has 5 nitrogen and oxygen atoms in total. The molecule has 1 aromatic heterocycles. The Morgan fingerprint density at radius 2 is 1.48 bits per heavy atom. The number of benzene rings is 2. The van der Waals surface area contributed by atoms with Crippen molar-refractivity contribution in [2.24, 2.45) is 5.92 Å². The van der Waals surface area contributed by atoms with Gasteiger partial charge in [0.15, 0.2) is 0 Å². The fraction of sp³-hybridized carbons (Fsp3) is 0.292. The van der Waals surface area contributed by atoms with Crippen molar-refractivity contribution >= 4 is 22.7 Å². The first-order valence-corrected chi connectivity index (χ1v) is 10.2. The summed E-state index contributed by atoms with van der Waals surface area (Å²) in [6, 6.07) is 19.6. The quantitative estimate of drug-likeness (QED) is 0.692. The van der Waals surface area contributed by atoms with E-state index >= 15 is 0 Å². The second-order valence-electron chi connectivity index (χ2n) is 7.83. The molecule has 0 unspecified atom stereocenters. The normalized spacial score (nSPS) is 16.8. The van der Waals surface area contributed by atoms with E-state index in [4.69, 9.17) is 4.98 Å². The highest BCUT2D eigenvalue weighted by Gasteiger charge is 2.35. The molecule has 1 aliphatic heterocycles. The highest BCUT2D eigenvalue weighted by molar-refractivity contribution is 6.07. The topological polar surface area (TPSA) is 53.5 Å². The lowest BCUT2D eigenvalue weighted by atomic mass is 10.0. The summed E-state index contributed by atoms with van der Waals surface area (Å²) in [6.07, 6.45) is 2.03. The van der Waals surface area contributed by atoms with E-state index in [0.717, 1.165) is 35.0 Å². The van der Waals surface area contributed by atoms with Gasteiger partial charge >= 0.3 is 0 Å². The summed E-state index contributed by atoms with van der Waals surface area (Å²) >= 11 is 0. The predicted octanol–water partition coefficient (Wildman–Crippen LogP) is 3.60. The summed E-state index contributed by atoms with van der Waals surface area (Å²) in [4.78, 5) is 34.3. The zero-order chi connectivity index (χ0) is 19.8. The average molecular weight is 385 g/mol. The molecule has 2 amide bonds. The molecule has 1 saturated carbocycles. The first-order valence-electron chi connectivity index (χ1n) is 10.2. The minimum atomic E-state index is 0.0132. The molecule has 3 aromatic rings. The third-order valence-corrected chi connectivity index (χ3v) is 5.82. The molecule has 2 aromatic carbocycles. The summed E-state index contributed by atoms with van der Waals surface area (Å²) in [7, 11) is 0. The van der Waals surface area contributed by atoms with Crippen LogP contribution in [0.5, 0.6) is 0 Å². The highest BCUT2D eigenvalue weighted by atomic mass is 16.2. The SMILES string of the molecule is O=C(c1cc(-c2ccccc2)nc2ccccc12)N1CCN(C(=O)C2CC2)CC1. The van der Waals surface area contributed by atoms with Gasteiger partial charge in [-0.2, -0.15) is 0 Å². The Balaban J connectivity index is 1.44. The lowest BCUT2D eigenvalue weighted by Gasteiger charge is -2.35. The minimum Gasteiger partial charge on any atom is -0.339 e. The van der Waals surface area contributed by atoms with Gasteiger partial charge in [0.2, 0.25) is 5.91 Å². The Labute approximate surface area is 170 Å². The number of carbonyl (C=O) groups is 2. The van der Waals surface area contributed by atoms with Crippen LogP contribution in [0.25, 0.3) is 22.2 Å². The number of pyridine rings is 1. The van der Waals surface area contributed by atoms with E-state index in [2.05, 4.69) is 0 Å². The van der Waals surface area contributed by atoms with Crippen LogP contribution in [0, 0.1) is 5.92 Å². The standard InChI is InChI=1S/C24H23N3O2/c28-23(18-10-11-18)26-12-14-27(15-13-26)24(29)20-16-22(17-6-2-1-3-7-17)25-21-9-5-4-8-19(20)21/h1-9,16,18H,10-15H2. The maximum Gasteiger partial charge on any atom is 0.254 e. The molecule has 0 radical (unpaired) electrons. The molecule has 2 heterocycles. The molecule has 2 fully saturated rings. The Morgan fingerprint density at radius 3 is 2.21 bits per heavy atom. The second kappa shape index (κ2) is 7.32. The summed E-state index contributed by atoms with van der Waals surface area (Å²) < 4.78 is 0. The molecule has 0 bridgehead atoms. The van der Waals surface area contributed by atoms with Crippen molar-refractivity contribution in [3.05, 3.63) is 66.2 Å². The lowest BCUT2D eigenvalue weighted by molar-refractivity contribution is -0.134. The average Bonchev–Trinajstić information content (AvgIpc) is 3.63. The van der Waals surface area contributed by atoms with Gasteiger partial charge < -0.3 is 9.80 Å². The van der Waals surface area contributed by atoms with Crippen LogP contribution in [-0.2, 0) is 4.79 Å². The largest absolute Gasteiger partial charge is 0.339 e. The smallest absolute Gasteiger partial charge is 0.254 e. The van der Waals surface area contributed by atoms with Crippen molar-refractivity contribution in [2.45, 2.75) is 12.8 Å². The fourth-order valence-corrected chi connectivity index (χ4v) is 4.00. The van der Waals surface area contributed by atoms with Crippen LogP contribution in [-0.4, -0.2) is 52.8 Å². The van der Waals surface area contributed by atoms with Gasteiger partial charge in [0.25, 0.3) is 5.91 Å². The highest BCUT2D eigenvalue weighted by Crippen LogP contribution is 2.31. The number of nitrogens with zero attached hydrogens (tertiary/aromatic N) is 3. The van der Waals surface area contributed by atoms with Gasteiger partial charge in [-0.05, 0) is 25.0 Å². The first-order chi connectivity index (χ1) is 14.2. The summed E-state index contributed by atoms with van der Waals surface area (Å²) in [5.41, 5.74) is 3.29. The summed E-state index contributed by atoms with van der Waals surface area (Å²) in [5, 5.41) is 0.869. The molecule has 2 aliphatic rings. The van der Waals surface area contributed by atoms with E-state index in [1.165, 1.54) is 0 Å². The number of para-hydroxylation sites is 1. The van der Waals surface area contributed by atoms with Crippen LogP contribution >= 0.6 is 0 Å². The van der Waals surface area contributed by atoms with Crippen molar-refractivity contribution in [1.29, 1.82) is 0 Å². The maximum atomic E-state index is 13.4. The number of hydrogen-bond acceptors (Lipinski definition) is 3. The molecule has 0 spiro atoms. The van der Waals surface area contributed by atoms with Crippen LogP contribution in [0.1, 0.15) is 23.2 Å². The number of aromatic nitrogens is 1. The van der Waals surface area contributed by atoms with E-state index in [1.54, 1.807) is 0 Å². The van der Waals surface area contributed by atoms with Crippen LogP contribution in [0.4, 0.5) is 0 Å². The molecular formula is C24H23N3O2. The lowest BCUT2D eigenvalue weighted by Crippen LogP contribution is -2.51. The summed E-state index contributed by atoms with van der Waals surface area (Å²) in [5.74, 6) is 0.506. The third kappa shape index (κ3) is 3.48. The van der Waals surface area contributed by atoms with Gasteiger partial charge in [0.1, 0.15) is 0 Å².